The number of nitrogens with zero attached hydrogens (tertiary/aromatic N) is 2. The lowest BCUT2D eigenvalue weighted by Gasteiger charge is -2.32. The molecule has 3 nitrogen and oxygen atoms in total. The summed E-state index contributed by atoms with van der Waals surface area (Å²) in [5.74, 6) is 0. The van der Waals surface area contributed by atoms with Crippen LogP contribution in [0.3, 0.4) is 0 Å². The molecular formula is C18H25N3. The lowest BCUT2D eigenvalue weighted by atomic mass is 10.0. The molecule has 0 aliphatic carbocycles. The second-order valence-corrected chi connectivity index (χ2v) is 6.16. The maximum atomic E-state index is 6.01. The second kappa shape index (κ2) is 5.92. The molecule has 2 heterocycles. The Kier molecular flexibility index (Phi) is 4.00. The van der Waals surface area contributed by atoms with Gasteiger partial charge in [0.1, 0.15) is 0 Å². The third kappa shape index (κ3) is 2.82. The van der Waals surface area contributed by atoms with Gasteiger partial charge in [-0.25, -0.2) is 0 Å². The number of benzene rings is 1. The van der Waals surface area contributed by atoms with Crippen molar-refractivity contribution in [3.8, 4) is 0 Å². The summed E-state index contributed by atoms with van der Waals surface area (Å²) in [7, 11) is 0. The number of rotatable bonds is 2. The molecule has 112 valence electrons. The number of aryl methyl sites for hydroxylation is 1. The SMILES string of the molecule is CCC1CCCCCN1c1cc(C)nc2ccc(N)cc12. The molecular weight excluding hydrogens is 258 g/mol. The van der Waals surface area contributed by atoms with Gasteiger partial charge >= 0.3 is 0 Å². The maximum Gasteiger partial charge on any atom is 0.0727 e. The van der Waals surface area contributed by atoms with Gasteiger partial charge in [0, 0.05) is 35.0 Å². The smallest absolute Gasteiger partial charge is 0.0727 e. The fourth-order valence-electron chi connectivity index (χ4n) is 3.51. The van der Waals surface area contributed by atoms with E-state index < -0.39 is 0 Å². The van der Waals surface area contributed by atoms with Crippen LogP contribution in [0.25, 0.3) is 10.9 Å². The van der Waals surface area contributed by atoms with Gasteiger partial charge in [-0.15, -0.1) is 0 Å². The first-order chi connectivity index (χ1) is 10.2. The summed E-state index contributed by atoms with van der Waals surface area (Å²) in [6, 6.07) is 8.93. The standard InChI is InChI=1S/C18H25N3/c1-3-15-7-5-4-6-10-21(15)18-11-13(2)20-17-9-8-14(19)12-16(17)18/h8-9,11-12,15H,3-7,10,19H2,1-2H3. The van der Waals surface area contributed by atoms with E-state index in [1.54, 1.807) is 0 Å². The van der Waals surface area contributed by atoms with Gasteiger partial charge < -0.3 is 10.6 Å². The molecule has 1 aromatic carbocycles. The van der Waals surface area contributed by atoms with Crippen LogP contribution in [-0.4, -0.2) is 17.6 Å². The fraction of sp³-hybridized carbons (Fsp3) is 0.500. The van der Waals surface area contributed by atoms with Crippen molar-refractivity contribution in [3.05, 3.63) is 30.0 Å². The number of hydrogen-bond donors (Lipinski definition) is 1. The zero-order chi connectivity index (χ0) is 14.8. The highest BCUT2D eigenvalue weighted by molar-refractivity contribution is 5.94. The number of hydrogen-bond acceptors (Lipinski definition) is 3. The highest BCUT2D eigenvalue weighted by atomic mass is 15.2. The minimum Gasteiger partial charge on any atom is -0.399 e. The van der Waals surface area contributed by atoms with Crippen LogP contribution in [-0.2, 0) is 0 Å². The van der Waals surface area contributed by atoms with E-state index in [1.165, 1.54) is 43.2 Å². The van der Waals surface area contributed by atoms with Crippen molar-refractivity contribution < 1.29 is 0 Å². The Labute approximate surface area is 127 Å². The van der Waals surface area contributed by atoms with Gasteiger partial charge in [-0.1, -0.05) is 19.8 Å². The minimum absolute atomic E-state index is 0.638. The third-order valence-electron chi connectivity index (χ3n) is 4.60. The zero-order valence-electron chi connectivity index (χ0n) is 13.1. The lowest BCUT2D eigenvalue weighted by molar-refractivity contribution is 0.557. The van der Waals surface area contributed by atoms with Gasteiger partial charge in [-0.2, -0.15) is 0 Å². The first-order valence-corrected chi connectivity index (χ1v) is 8.12. The normalized spacial score (nSPS) is 19.7. The molecule has 0 spiro atoms. The summed E-state index contributed by atoms with van der Waals surface area (Å²) in [5, 5.41) is 1.20. The Morgan fingerprint density at radius 1 is 1.24 bits per heavy atom. The molecule has 2 aromatic rings. The average molecular weight is 283 g/mol. The van der Waals surface area contributed by atoms with E-state index in [4.69, 9.17) is 5.73 Å². The zero-order valence-corrected chi connectivity index (χ0v) is 13.1. The van der Waals surface area contributed by atoms with Crippen molar-refractivity contribution in [2.45, 2.75) is 52.0 Å². The van der Waals surface area contributed by atoms with Crippen LogP contribution >= 0.6 is 0 Å². The van der Waals surface area contributed by atoms with E-state index in [2.05, 4.69) is 35.9 Å². The Morgan fingerprint density at radius 3 is 2.90 bits per heavy atom. The number of aromatic nitrogens is 1. The average Bonchev–Trinajstić information content (AvgIpc) is 2.72. The molecule has 1 aliphatic heterocycles. The first kappa shape index (κ1) is 14.2. The highest BCUT2D eigenvalue weighted by Gasteiger charge is 2.22. The van der Waals surface area contributed by atoms with Crippen LogP contribution in [0.4, 0.5) is 11.4 Å². The molecule has 1 fully saturated rings. The Balaban J connectivity index is 2.14. The molecule has 1 atom stereocenters. The molecule has 0 amide bonds. The molecule has 3 heteroatoms. The quantitative estimate of drug-likeness (QED) is 0.836. The number of nitrogens with two attached hydrogens (primary N) is 1. The van der Waals surface area contributed by atoms with Crippen LogP contribution in [0.2, 0.25) is 0 Å². The van der Waals surface area contributed by atoms with Gasteiger partial charge in [-0.05, 0) is 50.5 Å². The number of fused-ring (bicyclic) bond motifs is 1. The number of anilines is 2. The van der Waals surface area contributed by atoms with Crippen LogP contribution in [0.5, 0.6) is 0 Å². The van der Waals surface area contributed by atoms with Gasteiger partial charge in [0.15, 0.2) is 0 Å². The number of nitrogen functional groups attached to an aromatic ring is 1. The largest absolute Gasteiger partial charge is 0.399 e. The summed E-state index contributed by atoms with van der Waals surface area (Å²) >= 11 is 0. The van der Waals surface area contributed by atoms with E-state index in [-0.39, 0.29) is 0 Å². The van der Waals surface area contributed by atoms with E-state index >= 15 is 0 Å². The Bertz CT molecular complexity index is 636. The molecule has 0 radical (unpaired) electrons. The van der Waals surface area contributed by atoms with Gasteiger partial charge in [0.25, 0.3) is 0 Å². The maximum absolute atomic E-state index is 6.01. The van der Waals surface area contributed by atoms with E-state index in [0.717, 1.165) is 23.4 Å². The highest BCUT2D eigenvalue weighted by Crippen LogP contribution is 2.33. The fourth-order valence-corrected chi connectivity index (χ4v) is 3.51. The van der Waals surface area contributed by atoms with Crippen LogP contribution in [0, 0.1) is 6.92 Å². The molecule has 1 unspecified atom stereocenters. The van der Waals surface area contributed by atoms with Gasteiger partial charge in [-0.3, -0.25) is 4.98 Å². The molecule has 1 saturated heterocycles. The van der Waals surface area contributed by atoms with Crippen LogP contribution in [0.1, 0.15) is 44.7 Å². The molecule has 0 bridgehead atoms. The van der Waals surface area contributed by atoms with E-state index in [1.807, 2.05) is 12.1 Å². The summed E-state index contributed by atoms with van der Waals surface area (Å²) < 4.78 is 0. The molecule has 2 N–H and O–H groups in total. The van der Waals surface area contributed by atoms with Crippen molar-refractivity contribution in [1.29, 1.82) is 0 Å². The molecule has 0 saturated carbocycles. The monoisotopic (exact) mass is 283 g/mol. The van der Waals surface area contributed by atoms with E-state index in [0.29, 0.717) is 6.04 Å². The second-order valence-electron chi connectivity index (χ2n) is 6.16. The summed E-state index contributed by atoms with van der Waals surface area (Å²) in [4.78, 5) is 7.26. The van der Waals surface area contributed by atoms with Crippen LogP contribution in [0.15, 0.2) is 24.3 Å². The summed E-state index contributed by atoms with van der Waals surface area (Å²) in [6.45, 7) is 5.53. The van der Waals surface area contributed by atoms with E-state index in [9.17, 15) is 0 Å². The Hall–Kier alpha value is -1.77. The predicted octanol–water partition coefficient (Wildman–Crippen LogP) is 4.28. The van der Waals surface area contributed by atoms with Gasteiger partial charge in [0.05, 0.1) is 5.52 Å². The third-order valence-corrected chi connectivity index (χ3v) is 4.60. The van der Waals surface area contributed by atoms with Crippen molar-refractivity contribution >= 4 is 22.3 Å². The van der Waals surface area contributed by atoms with Crippen molar-refractivity contribution in [2.75, 3.05) is 17.2 Å². The summed E-state index contributed by atoms with van der Waals surface area (Å²) in [5.41, 5.74) is 10.3. The molecule has 1 aliphatic rings. The van der Waals surface area contributed by atoms with Crippen LogP contribution < -0.4 is 10.6 Å². The molecule has 3 rings (SSSR count). The topological polar surface area (TPSA) is 42.2 Å². The lowest BCUT2D eigenvalue weighted by Crippen LogP contribution is -2.34. The van der Waals surface area contributed by atoms with Crippen molar-refractivity contribution in [2.24, 2.45) is 0 Å². The molecule has 21 heavy (non-hydrogen) atoms. The van der Waals surface area contributed by atoms with Crippen molar-refractivity contribution in [3.63, 3.8) is 0 Å². The minimum atomic E-state index is 0.638. The predicted molar refractivity (Wildman–Crippen MR) is 90.8 cm³/mol. The number of pyridine rings is 1. The Morgan fingerprint density at radius 2 is 2.10 bits per heavy atom. The van der Waals surface area contributed by atoms with Gasteiger partial charge in [0.2, 0.25) is 0 Å². The molecule has 1 aromatic heterocycles. The summed E-state index contributed by atoms with van der Waals surface area (Å²) in [6.07, 6.45) is 6.46. The first-order valence-electron chi connectivity index (χ1n) is 8.12. The van der Waals surface area contributed by atoms with Crippen molar-refractivity contribution in [1.82, 2.24) is 4.98 Å².